The molecule has 0 aliphatic rings. The summed E-state index contributed by atoms with van der Waals surface area (Å²) in [6.45, 7) is 0.425. The van der Waals surface area contributed by atoms with Crippen LogP contribution >= 0.6 is 0 Å². The van der Waals surface area contributed by atoms with E-state index >= 15 is 0 Å². The number of amides is 1. The Bertz CT molecular complexity index is 1400. The van der Waals surface area contributed by atoms with Gasteiger partial charge in [-0.3, -0.25) is 19.1 Å². The van der Waals surface area contributed by atoms with E-state index in [2.05, 4.69) is 15.3 Å². The number of hydrogen-bond donors (Lipinski definition) is 1. The van der Waals surface area contributed by atoms with Crippen molar-refractivity contribution in [3.63, 3.8) is 0 Å². The van der Waals surface area contributed by atoms with Crippen LogP contribution < -0.4 is 45.5 Å². The molecule has 0 atom stereocenters. The summed E-state index contributed by atoms with van der Waals surface area (Å²) in [5, 5.41) is 15.7. The van der Waals surface area contributed by atoms with E-state index in [0.717, 1.165) is 11.1 Å². The van der Waals surface area contributed by atoms with E-state index < -0.39 is 22.8 Å². The Morgan fingerprint density at radius 3 is 2.60 bits per heavy atom. The van der Waals surface area contributed by atoms with Crippen LogP contribution in [0.1, 0.15) is 27.3 Å². The average molecular weight is 487 g/mol. The van der Waals surface area contributed by atoms with Crippen LogP contribution in [0.25, 0.3) is 11.0 Å². The summed E-state index contributed by atoms with van der Waals surface area (Å²) in [6.07, 6.45) is 5.28. The summed E-state index contributed by atoms with van der Waals surface area (Å²) in [6, 6.07) is 7.75. The van der Waals surface area contributed by atoms with Gasteiger partial charge in [0.15, 0.2) is 0 Å². The van der Waals surface area contributed by atoms with Crippen molar-refractivity contribution in [3.8, 4) is 5.75 Å². The summed E-state index contributed by atoms with van der Waals surface area (Å²) in [4.78, 5) is 34.7. The number of pyridine rings is 2. The maximum Gasteiger partial charge on any atom is 1.00 e. The number of carbonyl (C=O) groups is 1. The number of aryl methyl sites for hydroxylation is 1. The number of halogens is 1. The second kappa shape index (κ2) is 11.6. The zero-order valence-electron chi connectivity index (χ0n) is 19.7. The zero-order chi connectivity index (χ0) is 24.2. The minimum Gasteiger partial charge on any atom is -0.870 e. The number of fused-ring (bicyclic) bond motifs is 1. The Labute approximate surface area is 222 Å². The first kappa shape index (κ1) is 26.6. The van der Waals surface area contributed by atoms with Crippen LogP contribution in [0.4, 0.5) is 4.39 Å². The molecule has 4 rings (SSSR count). The van der Waals surface area contributed by atoms with E-state index in [4.69, 9.17) is 4.74 Å². The Balaban J connectivity index is 0.00000342. The molecular weight excluding hydrogens is 464 g/mol. The number of benzene rings is 1. The summed E-state index contributed by atoms with van der Waals surface area (Å²) in [7, 11) is 3.27. The number of nitrogens with one attached hydrogen (secondary N) is 1. The fourth-order valence-corrected chi connectivity index (χ4v) is 3.67. The van der Waals surface area contributed by atoms with Gasteiger partial charge in [0, 0.05) is 39.3 Å². The van der Waals surface area contributed by atoms with Gasteiger partial charge in [-0.05, 0) is 35.7 Å². The molecule has 3 aromatic heterocycles. The van der Waals surface area contributed by atoms with Gasteiger partial charge in [0.05, 0.1) is 29.7 Å². The van der Waals surface area contributed by atoms with Gasteiger partial charge in [0.1, 0.15) is 11.6 Å². The fourth-order valence-electron chi connectivity index (χ4n) is 3.67. The topological polar surface area (TPSA) is 114 Å². The van der Waals surface area contributed by atoms with Gasteiger partial charge in [0.25, 0.3) is 11.5 Å². The number of hydrogen-bond acceptors (Lipinski definition) is 6. The molecular formula is C24H23FN5NaO4. The zero-order valence-corrected chi connectivity index (χ0v) is 21.7. The molecule has 1 aromatic carbocycles. The Morgan fingerprint density at radius 2 is 1.94 bits per heavy atom. The monoisotopic (exact) mass is 487 g/mol. The molecule has 0 saturated carbocycles. The number of carbonyl (C=O) groups excluding carboxylic acids is 1. The fraction of sp³-hybridized carbons (Fsp3) is 0.250. The van der Waals surface area contributed by atoms with Gasteiger partial charge in [-0.2, -0.15) is 0 Å². The van der Waals surface area contributed by atoms with Gasteiger partial charge in [-0.25, -0.2) is 9.37 Å². The first-order chi connectivity index (χ1) is 16.4. The summed E-state index contributed by atoms with van der Waals surface area (Å²) < 4.78 is 21.3. The molecule has 9 nitrogen and oxygen atoms in total. The summed E-state index contributed by atoms with van der Waals surface area (Å²) in [5.74, 6) is -1.28. The molecule has 0 aliphatic heterocycles. The van der Waals surface area contributed by atoms with Gasteiger partial charge < -0.3 is 19.7 Å². The maximum atomic E-state index is 13.4. The van der Waals surface area contributed by atoms with Crippen molar-refractivity contribution in [1.29, 1.82) is 0 Å². The van der Waals surface area contributed by atoms with Crippen molar-refractivity contribution in [2.45, 2.75) is 13.0 Å². The molecule has 0 aliphatic carbocycles. The number of ether oxygens (including phenoxy) is 1. The van der Waals surface area contributed by atoms with E-state index in [0.29, 0.717) is 17.8 Å². The van der Waals surface area contributed by atoms with Crippen molar-refractivity contribution in [2.24, 2.45) is 7.05 Å². The van der Waals surface area contributed by atoms with Crippen LogP contribution in [-0.2, 0) is 24.8 Å². The van der Waals surface area contributed by atoms with E-state index in [1.54, 1.807) is 42.2 Å². The van der Waals surface area contributed by atoms with E-state index in [-0.39, 0.29) is 60.6 Å². The Kier molecular flexibility index (Phi) is 8.79. The largest absolute Gasteiger partial charge is 1.00 e. The van der Waals surface area contributed by atoms with Crippen LogP contribution in [0.3, 0.4) is 0 Å². The third-order valence-corrected chi connectivity index (χ3v) is 5.48. The predicted octanol–water partition coefficient (Wildman–Crippen LogP) is -1.64. The first-order valence-corrected chi connectivity index (χ1v) is 10.6. The van der Waals surface area contributed by atoms with Crippen LogP contribution in [-0.4, -0.2) is 45.3 Å². The van der Waals surface area contributed by atoms with Crippen molar-refractivity contribution < 1.29 is 48.6 Å². The van der Waals surface area contributed by atoms with Crippen LogP contribution in [0.15, 0.2) is 53.7 Å². The molecule has 0 unspecified atom stereocenters. The second-order valence-electron chi connectivity index (χ2n) is 7.81. The minimum absolute atomic E-state index is 0. The predicted molar refractivity (Wildman–Crippen MR) is 121 cm³/mol. The van der Waals surface area contributed by atoms with Gasteiger partial charge in [-0.1, -0.05) is 17.9 Å². The number of imidazole rings is 1. The third-order valence-electron chi connectivity index (χ3n) is 5.48. The SMILES string of the molecule is COCCNC(=O)c1c([O-])c2ncc(Cc3ccc(F)cc3)cc2n(Cc2nccn2C)c1=O.[Na+]. The molecule has 0 fully saturated rings. The van der Waals surface area contributed by atoms with Crippen molar-refractivity contribution >= 4 is 16.9 Å². The quantitative estimate of drug-likeness (QED) is 0.236. The van der Waals surface area contributed by atoms with Crippen LogP contribution in [0.5, 0.6) is 5.75 Å². The maximum absolute atomic E-state index is 13.4. The third kappa shape index (κ3) is 5.79. The van der Waals surface area contributed by atoms with Gasteiger partial charge >= 0.3 is 29.6 Å². The second-order valence-corrected chi connectivity index (χ2v) is 7.81. The van der Waals surface area contributed by atoms with Gasteiger partial charge in [0.2, 0.25) is 0 Å². The molecule has 0 bridgehead atoms. The van der Waals surface area contributed by atoms with E-state index in [1.807, 2.05) is 0 Å². The van der Waals surface area contributed by atoms with Crippen LogP contribution in [0.2, 0.25) is 0 Å². The average Bonchev–Trinajstić information content (AvgIpc) is 3.22. The minimum atomic E-state index is -0.778. The number of methoxy groups -OCH3 is 1. The molecule has 4 aromatic rings. The number of nitrogens with zero attached hydrogens (tertiary/aromatic N) is 4. The van der Waals surface area contributed by atoms with E-state index in [9.17, 15) is 19.1 Å². The Morgan fingerprint density at radius 1 is 1.20 bits per heavy atom. The number of aromatic nitrogens is 4. The summed E-state index contributed by atoms with van der Waals surface area (Å²) >= 11 is 0. The van der Waals surface area contributed by atoms with Crippen molar-refractivity contribution in [1.82, 2.24) is 24.4 Å². The summed E-state index contributed by atoms with van der Waals surface area (Å²) in [5.41, 5.74) is 0.646. The smallest absolute Gasteiger partial charge is 0.870 e. The first-order valence-electron chi connectivity index (χ1n) is 10.6. The molecule has 1 amide bonds. The molecule has 1 N–H and O–H groups in total. The van der Waals surface area contributed by atoms with Gasteiger partial charge in [-0.15, -0.1) is 0 Å². The molecule has 0 radical (unpaired) electrons. The van der Waals surface area contributed by atoms with Crippen molar-refractivity contribution in [2.75, 3.05) is 20.3 Å². The Hall–Kier alpha value is -3.05. The molecule has 0 spiro atoms. The molecule has 35 heavy (non-hydrogen) atoms. The van der Waals surface area contributed by atoms with E-state index in [1.165, 1.54) is 30.0 Å². The van der Waals surface area contributed by atoms with Crippen molar-refractivity contribution in [3.05, 3.63) is 87.6 Å². The van der Waals surface area contributed by atoms with Crippen LogP contribution in [0, 0.1) is 5.82 Å². The molecule has 3 heterocycles. The number of rotatable bonds is 8. The molecule has 176 valence electrons. The standard InChI is InChI=1S/C24H24FN5O4.Na/c1-29-9-7-26-19(29)14-30-18-12-16(11-15-3-5-17(25)6-4-15)13-28-21(18)22(31)20(24(30)33)23(32)27-8-10-34-2;/h3-7,9,12-13,31H,8,10-11,14H2,1-2H3,(H,27,32);/q;+1/p-1. The normalized spacial score (nSPS) is 10.8. The molecule has 0 saturated heterocycles. The molecule has 11 heteroatoms.